The third-order valence-electron chi connectivity index (χ3n) is 3.93. The molecule has 0 aromatic carbocycles. The van der Waals surface area contributed by atoms with Crippen LogP contribution in [0.5, 0.6) is 0 Å². The molecule has 0 amide bonds. The topological polar surface area (TPSA) is 41.6 Å². The van der Waals surface area contributed by atoms with Gasteiger partial charge in [0, 0.05) is 18.0 Å². The highest BCUT2D eigenvalue weighted by Gasteiger charge is 2.44. The van der Waals surface area contributed by atoms with Crippen molar-refractivity contribution >= 4 is 16.9 Å². The maximum atomic E-state index is 5.91. The van der Waals surface area contributed by atoms with Crippen LogP contribution in [0, 0.1) is 6.92 Å². The highest BCUT2D eigenvalue weighted by Crippen LogP contribution is 2.47. The van der Waals surface area contributed by atoms with Crippen LogP contribution in [0.4, 0.5) is 0 Å². The molecule has 1 saturated heterocycles. The van der Waals surface area contributed by atoms with Gasteiger partial charge in [0.25, 0.3) is 0 Å². The van der Waals surface area contributed by atoms with Gasteiger partial charge in [-0.2, -0.15) is 0 Å². The number of pyridine rings is 1. The Labute approximate surface area is 128 Å². The number of thioether (sulfide) groups is 1. The molecule has 4 rings (SSSR count). The molecular weight excluding hydrogens is 282 g/mol. The summed E-state index contributed by atoms with van der Waals surface area (Å²) in [6, 6.07) is 10.3. The normalized spacial score (nSPS) is 27.8. The number of nitrogens with zero attached hydrogens (tertiary/aromatic N) is 3. The molecule has 4 heterocycles. The Kier molecular flexibility index (Phi) is 3.03. The molecule has 0 saturated carbocycles. The lowest BCUT2D eigenvalue weighted by Gasteiger charge is -2.25. The number of amidine groups is 1. The van der Waals surface area contributed by atoms with E-state index in [2.05, 4.69) is 22.9 Å². The summed E-state index contributed by atoms with van der Waals surface area (Å²) in [5.41, 5.74) is 1.01. The highest BCUT2D eigenvalue weighted by atomic mass is 32.2. The van der Waals surface area contributed by atoms with E-state index in [1.807, 2.05) is 49.1 Å². The van der Waals surface area contributed by atoms with Gasteiger partial charge in [0.15, 0.2) is 5.17 Å². The van der Waals surface area contributed by atoms with E-state index in [9.17, 15) is 0 Å². The molecule has 2 aromatic heterocycles. The summed E-state index contributed by atoms with van der Waals surface area (Å²) in [7, 11) is 0. The second-order valence-corrected chi connectivity index (χ2v) is 6.99. The van der Waals surface area contributed by atoms with Crippen molar-refractivity contribution in [2.24, 2.45) is 4.99 Å². The third-order valence-corrected chi connectivity index (χ3v) is 5.04. The lowest BCUT2D eigenvalue weighted by atomic mass is 10.0. The third kappa shape index (κ3) is 2.16. The van der Waals surface area contributed by atoms with Crippen LogP contribution in [0.15, 0.2) is 45.9 Å². The molecular formula is C16H17N3OS. The highest BCUT2D eigenvalue weighted by molar-refractivity contribution is 8.14. The van der Waals surface area contributed by atoms with E-state index in [-0.39, 0.29) is 12.1 Å². The summed E-state index contributed by atoms with van der Waals surface area (Å²) in [6.07, 6.45) is 1.83. The average molecular weight is 299 g/mol. The van der Waals surface area contributed by atoms with E-state index in [4.69, 9.17) is 9.41 Å². The first-order chi connectivity index (χ1) is 10.2. The van der Waals surface area contributed by atoms with Gasteiger partial charge < -0.3 is 9.32 Å². The fourth-order valence-corrected chi connectivity index (χ4v) is 4.13. The lowest BCUT2D eigenvalue weighted by Crippen LogP contribution is -2.28. The predicted octanol–water partition coefficient (Wildman–Crippen LogP) is 3.57. The van der Waals surface area contributed by atoms with Crippen molar-refractivity contribution in [3.8, 4) is 0 Å². The second kappa shape index (κ2) is 4.91. The van der Waals surface area contributed by atoms with Crippen LogP contribution in [-0.4, -0.2) is 26.8 Å². The molecule has 2 aliphatic heterocycles. The van der Waals surface area contributed by atoms with E-state index in [0.29, 0.717) is 5.25 Å². The van der Waals surface area contributed by atoms with Gasteiger partial charge in [-0.15, -0.1) is 0 Å². The SMILES string of the molecule is Cc1ccc([C@@H]2[C@@H](c3ccccn3)N=C3S[C@@H](C)CN32)o1. The van der Waals surface area contributed by atoms with Crippen LogP contribution >= 0.6 is 11.8 Å². The molecule has 0 unspecified atom stereocenters. The summed E-state index contributed by atoms with van der Waals surface area (Å²) >= 11 is 1.85. The number of rotatable bonds is 2. The Balaban J connectivity index is 1.77. The molecule has 0 aliphatic carbocycles. The number of fused-ring (bicyclic) bond motifs is 1. The standard InChI is InChI=1S/C16H17N3OS/c1-10-6-7-13(20-10)15-14(12-5-3-4-8-17-12)18-16-19(15)9-11(2)21-16/h3-8,11,14-15H,9H2,1-2H3/t11-,14+,15+/m0/s1. The number of hydrogen-bond acceptors (Lipinski definition) is 5. The summed E-state index contributed by atoms with van der Waals surface area (Å²) in [4.78, 5) is 11.8. The first kappa shape index (κ1) is 13.0. The number of aryl methyl sites for hydroxylation is 1. The summed E-state index contributed by atoms with van der Waals surface area (Å²) in [5, 5.41) is 1.70. The van der Waals surface area contributed by atoms with E-state index in [1.54, 1.807) is 0 Å². The Bertz CT molecular complexity index is 682. The molecule has 3 atom stereocenters. The fraction of sp³-hybridized carbons (Fsp3) is 0.375. The van der Waals surface area contributed by atoms with Gasteiger partial charge in [-0.25, -0.2) is 4.99 Å². The lowest BCUT2D eigenvalue weighted by molar-refractivity contribution is 0.272. The number of aliphatic imine (C=N–C) groups is 1. The van der Waals surface area contributed by atoms with E-state index >= 15 is 0 Å². The van der Waals surface area contributed by atoms with Crippen LogP contribution in [0.1, 0.15) is 36.2 Å². The van der Waals surface area contributed by atoms with Crippen molar-refractivity contribution in [3.05, 3.63) is 53.7 Å². The van der Waals surface area contributed by atoms with Crippen molar-refractivity contribution in [2.75, 3.05) is 6.54 Å². The molecule has 0 N–H and O–H groups in total. The van der Waals surface area contributed by atoms with Crippen molar-refractivity contribution in [3.63, 3.8) is 0 Å². The Morgan fingerprint density at radius 1 is 1.29 bits per heavy atom. The molecule has 1 fully saturated rings. The van der Waals surface area contributed by atoms with Gasteiger partial charge in [0.05, 0.1) is 5.69 Å². The first-order valence-corrected chi connectivity index (χ1v) is 8.09. The van der Waals surface area contributed by atoms with Gasteiger partial charge in [0.1, 0.15) is 23.6 Å². The van der Waals surface area contributed by atoms with Gasteiger partial charge in [-0.3, -0.25) is 4.98 Å². The van der Waals surface area contributed by atoms with Crippen molar-refractivity contribution in [2.45, 2.75) is 31.2 Å². The maximum Gasteiger partial charge on any atom is 0.161 e. The smallest absolute Gasteiger partial charge is 0.161 e. The Morgan fingerprint density at radius 3 is 2.90 bits per heavy atom. The minimum atomic E-state index is 0.0201. The average Bonchev–Trinajstić information content (AvgIpc) is 3.13. The zero-order valence-corrected chi connectivity index (χ0v) is 12.9. The molecule has 2 aliphatic rings. The molecule has 2 aromatic rings. The van der Waals surface area contributed by atoms with Gasteiger partial charge >= 0.3 is 0 Å². The van der Waals surface area contributed by atoms with Gasteiger partial charge in [-0.1, -0.05) is 24.8 Å². The number of hydrogen-bond donors (Lipinski definition) is 0. The molecule has 4 nitrogen and oxygen atoms in total. The minimum absolute atomic E-state index is 0.0201. The van der Waals surface area contributed by atoms with Crippen LogP contribution < -0.4 is 0 Å². The fourth-order valence-electron chi connectivity index (χ4n) is 3.04. The van der Waals surface area contributed by atoms with Crippen molar-refractivity contribution in [1.82, 2.24) is 9.88 Å². The predicted molar refractivity (Wildman–Crippen MR) is 84.4 cm³/mol. The van der Waals surface area contributed by atoms with Gasteiger partial charge in [-0.05, 0) is 31.2 Å². The second-order valence-electron chi connectivity index (χ2n) is 5.59. The monoisotopic (exact) mass is 299 g/mol. The first-order valence-electron chi connectivity index (χ1n) is 7.21. The van der Waals surface area contributed by atoms with Crippen LogP contribution in [-0.2, 0) is 0 Å². The van der Waals surface area contributed by atoms with Crippen molar-refractivity contribution in [1.29, 1.82) is 0 Å². The number of aromatic nitrogens is 1. The quantitative estimate of drug-likeness (QED) is 0.850. The zero-order chi connectivity index (χ0) is 14.4. The van der Waals surface area contributed by atoms with Crippen LogP contribution in [0.3, 0.4) is 0 Å². The largest absolute Gasteiger partial charge is 0.464 e. The molecule has 0 spiro atoms. The molecule has 0 radical (unpaired) electrons. The van der Waals surface area contributed by atoms with Crippen LogP contribution in [0.25, 0.3) is 0 Å². The molecule has 108 valence electrons. The van der Waals surface area contributed by atoms with Crippen molar-refractivity contribution < 1.29 is 4.42 Å². The number of furan rings is 1. The Morgan fingerprint density at radius 2 is 2.19 bits per heavy atom. The van der Waals surface area contributed by atoms with Crippen LogP contribution in [0.2, 0.25) is 0 Å². The summed E-state index contributed by atoms with van der Waals surface area (Å²) in [6.45, 7) is 5.24. The van der Waals surface area contributed by atoms with E-state index in [1.165, 1.54) is 0 Å². The minimum Gasteiger partial charge on any atom is -0.464 e. The van der Waals surface area contributed by atoms with E-state index in [0.717, 1.165) is 28.9 Å². The summed E-state index contributed by atoms with van der Waals surface area (Å²) in [5.74, 6) is 1.93. The molecule has 21 heavy (non-hydrogen) atoms. The summed E-state index contributed by atoms with van der Waals surface area (Å²) < 4.78 is 5.91. The molecule has 0 bridgehead atoms. The Hall–Kier alpha value is -1.75. The zero-order valence-electron chi connectivity index (χ0n) is 12.1. The van der Waals surface area contributed by atoms with E-state index < -0.39 is 0 Å². The maximum absolute atomic E-state index is 5.91. The van der Waals surface area contributed by atoms with Gasteiger partial charge in [0.2, 0.25) is 0 Å². The molecule has 5 heteroatoms.